The van der Waals surface area contributed by atoms with Gasteiger partial charge in [-0.3, -0.25) is 14.5 Å². The lowest BCUT2D eigenvalue weighted by Gasteiger charge is -2.46. The summed E-state index contributed by atoms with van der Waals surface area (Å²) >= 11 is 0. The second-order valence-corrected chi connectivity index (χ2v) is 11.2. The van der Waals surface area contributed by atoms with Gasteiger partial charge in [-0.15, -0.1) is 12.4 Å². The third-order valence-electron chi connectivity index (χ3n) is 8.78. The Morgan fingerprint density at radius 2 is 1.62 bits per heavy atom. The van der Waals surface area contributed by atoms with Crippen LogP contribution >= 0.6 is 12.4 Å². The van der Waals surface area contributed by atoms with Gasteiger partial charge in [0.05, 0.1) is 12.2 Å². The molecular formula is C31H40ClN3O4. The van der Waals surface area contributed by atoms with Gasteiger partial charge in [-0.1, -0.05) is 61.7 Å². The van der Waals surface area contributed by atoms with Crippen LogP contribution in [0.4, 0.5) is 0 Å². The Morgan fingerprint density at radius 1 is 0.923 bits per heavy atom. The van der Waals surface area contributed by atoms with E-state index in [2.05, 4.69) is 9.80 Å². The molecule has 1 aliphatic carbocycles. The van der Waals surface area contributed by atoms with Crippen LogP contribution in [-0.4, -0.2) is 75.3 Å². The average molecular weight is 554 g/mol. The van der Waals surface area contributed by atoms with Crippen LogP contribution < -0.4 is 0 Å². The zero-order valence-electron chi connectivity index (χ0n) is 22.6. The van der Waals surface area contributed by atoms with E-state index < -0.39 is 11.5 Å². The van der Waals surface area contributed by atoms with E-state index in [1.807, 2.05) is 41.3 Å². The van der Waals surface area contributed by atoms with E-state index >= 15 is 0 Å². The van der Waals surface area contributed by atoms with Gasteiger partial charge < -0.3 is 14.9 Å². The molecule has 1 N–H and O–H groups in total. The van der Waals surface area contributed by atoms with Gasteiger partial charge in [0, 0.05) is 37.7 Å². The number of rotatable bonds is 9. The van der Waals surface area contributed by atoms with Crippen molar-refractivity contribution in [1.82, 2.24) is 14.7 Å². The summed E-state index contributed by atoms with van der Waals surface area (Å²) in [6.07, 6.45) is 8.97. The second-order valence-electron chi connectivity index (χ2n) is 11.2. The molecule has 7 nitrogen and oxygen atoms in total. The lowest BCUT2D eigenvalue weighted by atomic mass is 9.82. The molecule has 0 aromatic heterocycles. The Morgan fingerprint density at radius 3 is 2.31 bits per heavy atom. The molecule has 3 aliphatic rings. The second kappa shape index (κ2) is 13.1. The Kier molecular flexibility index (Phi) is 9.81. The standard InChI is InChI=1S/C31H39N3O4.ClH/c35-28(25-10-3-1-4-11-25)15-8-18-32-19-16-31(17-20-32)30(38)33(23-34(31)27-13-5-2-6-14-27)22-24-9-7-12-26(21-24)29(36)37;/h1,3-4,7,9-12,21,27H,2,5-6,8,13-20,22-23H2,(H,36,37);1H. The van der Waals surface area contributed by atoms with Gasteiger partial charge in [-0.25, -0.2) is 4.79 Å². The predicted molar refractivity (Wildman–Crippen MR) is 153 cm³/mol. The van der Waals surface area contributed by atoms with Crippen LogP contribution in [0.2, 0.25) is 0 Å². The first-order valence-corrected chi connectivity index (χ1v) is 14.2. The van der Waals surface area contributed by atoms with E-state index in [-0.39, 0.29) is 29.7 Å². The summed E-state index contributed by atoms with van der Waals surface area (Å²) in [6.45, 7) is 3.65. The first-order chi connectivity index (χ1) is 18.5. The summed E-state index contributed by atoms with van der Waals surface area (Å²) in [5.74, 6) is -0.559. The molecule has 1 saturated carbocycles. The highest BCUT2D eigenvalue weighted by molar-refractivity contribution is 5.96. The molecule has 210 valence electrons. The Hall–Kier alpha value is -2.74. The third kappa shape index (κ3) is 6.53. The molecule has 2 aliphatic heterocycles. The van der Waals surface area contributed by atoms with Crippen molar-refractivity contribution in [3.8, 4) is 0 Å². The maximum atomic E-state index is 14.0. The number of halogens is 1. The van der Waals surface area contributed by atoms with Gasteiger partial charge in [0.15, 0.2) is 5.78 Å². The molecule has 39 heavy (non-hydrogen) atoms. The molecule has 0 atom stereocenters. The molecule has 0 bridgehead atoms. The number of benzene rings is 2. The summed E-state index contributed by atoms with van der Waals surface area (Å²) in [4.78, 5) is 44.8. The number of likely N-dealkylation sites (tertiary alicyclic amines) is 1. The maximum absolute atomic E-state index is 14.0. The molecule has 2 aromatic rings. The number of amides is 1. The molecule has 1 amide bonds. The number of carbonyl (C=O) groups is 3. The highest BCUT2D eigenvalue weighted by atomic mass is 35.5. The van der Waals surface area contributed by atoms with Crippen LogP contribution in [0.3, 0.4) is 0 Å². The van der Waals surface area contributed by atoms with E-state index in [1.54, 1.807) is 18.2 Å². The lowest BCUT2D eigenvalue weighted by Crippen LogP contribution is -2.59. The molecule has 8 heteroatoms. The fourth-order valence-electron chi connectivity index (χ4n) is 6.68. The number of ketones is 1. The molecular weight excluding hydrogens is 514 g/mol. The highest BCUT2D eigenvalue weighted by Gasteiger charge is 2.55. The number of hydrogen-bond donors (Lipinski definition) is 1. The highest BCUT2D eigenvalue weighted by Crippen LogP contribution is 2.41. The number of piperidine rings is 1. The smallest absolute Gasteiger partial charge is 0.335 e. The number of carbonyl (C=O) groups excluding carboxylic acids is 2. The Labute approximate surface area is 237 Å². The normalized spacial score (nSPS) is 20.2. The number of nitrogens with zero attached hydrogens (tertiary/aromatic N) is 3. The van der Waals surface area contributed by atoms with Crippen molar-refractivity contribution in [3.05, 3.63) is 71.3 Å². The molecule has 2 heterocycles. The molecule has 5 rings (SSSR count). The zero-order valence-corrected chi connectivity index (χ0v) is 23.4. The minimum atomic E-state index is -0.947. The van der Waals surface area contributed by atoms with Gasteiger partial charge >= 0.3 is 5.97 Å². The fourth-order valence-corrected chi connectivity index (χ4v) is 6.68. The van der Waals surface area contributed by atoms with Crippen LogP contribution in [0.1, 0.15) is 84.1 Å². The molecule has 2 saturated heterocycles. The van der Waals surface area contributed by atoms with E-state index in [1.165, 1.54) is 19.3 Å². The SMILES string of the molecule is Cl.O=C(O)c1cccc(CN2CN(C3CCCCC3)C3(CCN(CCCC(=O)c4ccccc4)CC3)C2=O)c1. The minimum absolute atomic E-state index is 0. The number of aromatic carboxylic acids is 1. The van der Waals surface area contributed by atoms with Gasteiger partial charge in [0.2, 0.25) is 5.91 Å². The fraction of sp³-hybridized carbons (Fsp3) is 0.516. The average Bonchev–Trinajstić information content (AvgIpc) is 3.21. The van der Waals surface area contributed by atoms with Crippen molar-refractivity contribution in [1.29, 1.82) is 0 Å². The van der Waals surface area contributed by atoms with Crippen molar-refractivity contribution in [2.75, 3.05) is 26.3 Å². The van der Waals surface area contributed by atoms with E-state index in [9.17, 15) is 19.5 Å². The molecule has 1 spiro atoms. The largest absolute Gasteiger partial charge is 0.478 e. The maximum Gasteiger partial charge on any atom is 0.335 e. The van der Waals surface area contributed by atoms with Gasteiger partial charge in [0.1, 0.15) is 5.54 Å². The van der Waals surface area contributed by atoms with Crippen molar-refractivity contribution in [2.45, 2.75) is 75.9 Å². The number of carboxylic acids is 1. The summed E-state index contributed by atoms with van der Waals surface area (Å²) < 4.78 is 0. The third-order valence-corrected chi connectivity index (χ3v) is 8.78. The lowest BCUT2D eigenvalue weighted by molar-refractivity contribution is -0.137. The van der Waals surface area contributed by atoms with Crippen molar-refractivity contribution in [3.63, 3.8) is 0 Å². The van der Waals surface area contributed by atoms with E-state index in [4.69, 9.17) is 0 Å². The molecule has 0 unspecified atom stereocenters. The van der Waals surface area contributed by atoms with Crippen molar-refractivity contribution >= 4 is 30.1 Å². The Balaban J connectivity index is 0.00000353. The zero-order chi connectivity index (χ0) is 26.5. The molecule has 0 radical (unpaired) electrons. The van der Waals surface area contributed by atoms with Crippen LogP contribution in [0, 0.1) is 0 Å². The first kappa shape index (κ1) is 29.2. The summed E-state index contributed by atoms with van der Waals surface area (Å²) in [6, 6.07) is 16.9. The number of Topliss-reactive ketones (excluding diaryl/α,β-unsaturated/α-hetero) is 1. The topological polar surface area (TPSA) is 81.2 Å². The summed E-state index contributed by atoms with van der Waals surface area (Å²) in [5, 5.41) is 9.40. The Bertz CT molecular complexity index is 1140. The summed E-state index contributed by atoms with van der Waals surface area (Å²) in [7, 11) is 0. The summed E-state index contributed by atoms with van der Waals surface area (Å²) in [5.41, 5.74) is 1.42. The van der Waals surface area contributed by atoms with Crippen LogP contribution in [0.25, 0.3) is 0 Å². The minimum Gasteiger partial charge on any atom is -0.478 e. The van der Waals surface area contributed by atoms with Crippen LogP contribution in [0.5, 0.6) is 0 Å². The van der Waals surface area contributed by atoms with Crippen molar-refractivity contribution in [2.24, 2.45) is 0 Å². The van der Waals surface area contributed by atoms with Crippen LogP contribution in [0.15, 0.2) is 54.6 Å². The molecule has 3 fully saturated rings. The van der Waals surface area contributed by atoms with E-state index in [0.717, 1.165) is 62.9 Å². The number of carboxylic acid groups (broad SMARTS) is 1. The predicted octanol–water partition coefficient (Wildman–Crippen LogP) is 5.24. The quantitative estimate of drug-likeness (QED) is 0.428. The van der Waals surface area contributed by atoms with Crippen molar-refractivity contribution < 1.29 is 19.5 Å². The monoisotopic (exact) mass is 553 g/mol. The number of hydrogen-bond acceptors (Lipinski definition) is 5. The van der Waals surface area contributed by atoms with Crippen LogP contribution in [-0.2, 0) is 11.3 Å². The first-order valence-electron chi connectivity index (χ1n) is 14.2. The van der Waals surface area contributed by atoms with Gasteiger partial charge in [0.25, 0.3) is 0 Å². The van der Waals surface area contributed by atoms with E-state index in [0.29, 0.717) is 25.7 Å². The van der Waals surface area contributed by atoms with Gasteiger partial charge in [-0.2, -0.15) is 0 Å². The molecule has 2 aromatic carbocycles. The van der Waals surface area contributed by atoms with Gasteiger partial charge in [-0.05, 0) is 56.3 Å².